The van der Waals surface area contributed by atoms with Crippen LogP contribution in [0.4, 0.5) is 4.79 Å². The average molecular weight is 400 g/mol. The molecule has 122 valence electrons. The van der Waals surface area contributed by atoms with E-state index in [0.717, 1.165) is 16.2 Å². The third kappa shape index (κ3) is 4.14. The molecule has 0 saturated carbocycles. The molecule has 1 aliphatic rings. The van der Waals surface area contributed by atoms with Crippen LogP contribution in [0.15, 0.2) is 27.6 Å². The van der Waals surface area contributed by atoms with Gasteiger partial charge in [0.1, 0.15) is 5.75 Å². The minimum absolute atomic E-state index is 0.223. The van der Waals surface area contributed by atoms with Crippen molar-refractivity contribution in [3.8, 4) is 5.75 Å². The van der Waals surface area contributed by atoms with Crippen LogP contribution >= 0.6 is 27.7 Å². The molecule has 1 aliphatic heterocycles. The fourth-order valence-electron chi connectivity index (χ4n) is 1.97. The summed E-state index contributed by atoms with van der Waals surface area (Å²) < 4.78 is 5.96. The van der Waals surface area contributed by atoms with Crippen molar-refractivity contribution in [1.29, 1.82) is 0 Å². The zero-order valence-electron chi connectivity index (χ0n) is 12.4. The summed E-state index contributed by atoms with van der Waals surface area (Å²) in [5.74, 6) is -1.13. The Morgan fingerprint density at radius 3 is 2.70 bits per heavy atom. The van der Waals surface area contributed by atoms with Gasteiger partial charge in [-0.2, -0.15) is 0 Å². The number of carboxylic acids is 1. The second kappa shape index (κ2) is 7.18. The summed E-state index contributed by atoms with van der Waals surface area (Å²) in [6, 6.07) is 4.78. The van der Waals surface area contributed by atoms with E-state index < -0.39 is 12.6 Å². The number of carbonyl (C=O) groups excluding carboxylic acids is 2. The van der Waals surface area contributed by atoms with Gasteiger partial charge in [-0.1, -0.05) is 15.9 Å². The van der Waals surface area contributed by atoms with Gasteiger partial charge in [0.25, 0.3) is 11.1 Å². The van der Waals surface area contributed by atoms with Crippen LogP contribution in [0.25, 0.3) is 6.08 Å². The van der Waals surface area contributed by atoms with Gasteiger partial charge in [-0.15, -0.1) is 0 Å². The van der Waals surface area contributed by atoms with Gasteiger partial charge in [-0.3, -0.25) is 14.5 Å². The van der Waals surface area contributed by atoms with Crippen molar-refractivity contribution in [2.24, 2.45) is 0 Å². The maximum absolute atomic E-state index is 12.3. The molecular formula is C15H14BrNO5S. The van der Waals surface area contributed by atoms with Crippen molar-refractivity contribution in [2.45, 2.75) is 19.9 Å². The number of halogens is 1. The second-order valence-corrected chi connectivity index (χ2v) is 6.92. The number of thioether (sulfide) groups is 1. The number of hydrogen-bond donors (Lipinski definition) is 1. The van der Waals surface area contributed by atoms with E-state index in [4.69, 9.17) is 9.84 Å². The molecule has 2 rings (SSSR count). The third-order valence-corrected chi connectivity index (χ3v) is 4.33. The fourth-order valence-corrected chi connectivity index (χ4v) is 3.30. The lowest BCUT2D eigenvalue weighted by Crippen LogP contribution is -2.34. The summed E-state index contributed by atoms with van der Waals surface area (Å²) in [5, 5.41) is 8.40. The summed E-state index contributed by atoms with van der Waals surface area (Å²) in [6.45, 7) is 3.04. The molecule has 8 heteroatoms. The first kappa shape index (κ1) is 17.6. The van der Waals surface area contributed by atoms with Gasteiger partial charge in [0.15, 0.2) is 6.61 Å². The molecule has 1 aromatic rings. The quantitative estimate of drug-likeness (QED) is 0.764. The fraction of sp³-hybridized carbons (Fsp3) is 0.267. The Hall–Kier alpha value is -1.80. The Balaban J connectivity index is 2.35. The molecule has 2 amide bonds. The van der Waals surface area contributed by atoms with Crippen molar-refractivity contribution in [2.75, 3.05) is 6.61 Å². The molecule has 0 bridgehead atoms. The van der Waals surface area contributed by atoms with E-state index in [1.165, 1.54) is 11.0 Å². The van der Waals surface area contributed by atoms with Gasteiger partial charge in [0.2, 0.25) is 0 Å². The zero-order chi connectivity index (χ0) is 17.1. The van der Waals surface area contributed by atoms with Gasteiger partial charge >= 0.3 is 5.97 Å². The van der Waals surface area contributed by atoms with Crippen molar-refractivity contribution in [1.82, 2.24) is 4.90 Å². The van der Waals surface area contributed by atoms with Gasteiger partial charge in [0, 0.05) is 16.1 Å². The maximum atomic E-state index is 12.3. The number of imide groups is 1. The molecule has 23 heavy (non-hydrogen) atoms. The molecule has 0 atom stereocenters. The summed E-state index contributed by atoms with van der Waals surface area (Å²) in [7, 11) is 0. The lowest BCUT2D eigenvalue weighted by atomic mass is 10.2. The summed E-state index contributed by atoms with van der Waals surface area (Å²) in [6.07, 6.45) is 1.54. The van der Waals surface area contributed by atoms with Gasteiger partial charge in [-0.25, -0.2) is 4.79 Å². The van der Waals surface area contributed by atoms with Crippen molar-refractivity contribution in [3.05, 3.63) is 33.1 Å². The highest BCUT2D eigenvalue weighted by Crippen LogP contribution is 2.35. The normalized spacial score (nSPS) is 16.5. The smallest absolute Gasteiger partial charge is 0.341 e. The van der Waals surface area contributed by atoms with E-state index in [2.05, 4.69) is 15.9 Å². The van der Waals surface area contributed by atoms with Crippen LogP contribution in [0.2, 0.25) is 0 Å². The molecule has 0 aliphatic carbocycles. The Morgan fingerprint density at radius 2 is 2.13 bits per heavy atom. The van der Waals surface area contributed by atoms with Crippen LogP contribution in [-0.4, -0.2) is 39.8 Å². The van der Waals surface area contributed by atoms with Crippen LogP contribution in [0, 0.1) is 0 Å². The predicted molar refractivity (Wildman–Crippen MR) is 90.2 cm³/mol. The number of aliphatic carboxylic acids is 1. The summed E-state index contributed by atoms with van der Waals surface area (Å²) in [5.41, 5.74) is 0.523. The minimum atomic E-state index is -1.10. The molecule has 1 fully saturated rings. The summed E-state index contributed by atoms with van der Waals surface area (Å²) in [4.78, 5) is 36.3. The molecule has 6 nitrogen and oxygen atoms in total. The Bertz CT molecular complexity index is 701. The van der Waals surface area contributed by atoms with E-state index in [-0.39, 0.29) is 22.1 Å². The average Bonchev–Trinajstić information content (AvgIpc) is 2.72. The van der Waals surface area contributed by atoms with Crippen molar-refractivity contribution in [3.63, 3.8) is 0 Å². The van der Waals surface area contributed by atoms with Gasteiger partial charge in [0.05, 0.1) is 4.91 Å². The number of carbonyl (C=O) groups is 3. The van der Waals surface area contributed by atoms with Crippen LogP contribution in [0.3, 0.4) is 0 Å². The minimum Gasteiger partial charge on any atom is -0.481 e. The molecule has 0 radical (unpaired) electrons. The number of benzene rings is 1. The van der Waals surface area contributed by atoms with E-state index in [0.29, 0.717) is 11.3 Å². The van der Waals surface area contributed by atoms with Crippen LogP contribution in [0.5, 0.6) is 5.75 Å². The first-order valence-corrected chi connectivity index (χ1v) is 8.31. The highest BCUT2D eigenvalue weighted by molar-refractivity contribution is 9.10. The molecule has 0 unspecified atom stereocenters. The Kier molecular flexibility index (Phi) is 5.48. The van der Waals surface area contributed by atoms with E-state index >= 15 is 0 Å². The standard InChI is InChI=1S/C15H14BrNO5S/c1-8(2)17-14(20)12(23-15(17)21)6-9-5-10(16)3-4-11(9)22-7-13(18)19/h3-6,8H,7H2,1-2H3,(H,18,19)/b12-6-. The number of rotatable bonds is 5. The number of ether oxygens (including phenoxy) is 1. The van der Waals surface area contributed by atoms with E-state index in [1.807, 2.05) is 0 Å². The number of carboxylic acid groups (broad SMARTS) is 1. The number of nitrogens with zero attached hydrogens (tertiary/aromatic N) is 1. The van der Waals surface area contributed by atoms with E-state index in [1.54, 1.807) is 32.0 Å². The van der Waals surface area contributed by atoms with Gasteiger partial charge in [-0.05, 0) is 49.9 Å². The topological polar surface area (TPSA) is 83.9 Å². The summed E-state index contributed by atoms with van der Waals surface area (Å²) >= 11 is 4.17. The highest BCUT2D eigenvalue weighted by atomic mass is 79.9. The largest absolute Gasteiger partial charge is 0.481 e. The maximum Gasteiger partial charge on any atom is 0.341 e. The Labute approximate surface area is 145 Å². The van der Waals surface area contributed by atoms with Crippen LogP contribution < -0.4 is 4.74 Å². The molecule has 1 N–H and O–H groups in total. The molecule has 1 heterocycles. The first-order valence-electron chi connectivity index (χ1n) is 6.71. The Morgan fingerprint density at radius 1 is 1.43 bits per heavy atom. The molecular weight excluding hydrogens is 386 g/mol. The second-order valence-electron chi connectivity index (χ2n) is 5.01. The zero-order valence-corrected chi connectivity index (χ0v) is 14.8. The lowest BCUT2D eigenvalue weighted by Gasteiger charge is -2.16. The van der Waals surface area contributed by atoms with Crippen LogP contribution in [0.1, 0.15) is 19.4 Å². The first-order chi connectivity index (χ1) is 10.8. The molecule has 1 saturated heterocycles. The van der Waals surface area contributed by atoms with Gasteiger partial charge < -0.3 is 9.84 Å². The molecule has 0 spiro atoms. The van der Waals surface area contributed by atoms with Crippen molar-refractivity contribution >= 4 is 50.9 Å². The molecule has 0 aromatic heterocycles. The third-order valence-electron chi connectivity index (χ3n) is 2.95. The number of hydrogen-bond acceptors (Lipinski definition) is 5. The monoisotopic (exact) mass is 399 g/mol. The SMILES string of the molecule is CC(C)N1C(=O)S/C(=C\c2cc(Br)ccc2OCC(=O)O)C1=O. The van der Waals surface area contributed by atoms with Crippen LogP contribution in [-0.2, 0) is 9.59 Å². The predicted octanol–water partition coefficient (Wildman–Crippen LogP) is 3.36. The molecule has 1 aromatic carbocycles. The number of amides is 2. The highest BCUT2D eigenvalue weighted by Gasteiger charge is 2.36. The van der Waals surface area contributed by atoms with Crippen molar-refractivity contribution < 1.29 is 24.2 Å². The van der Waals surface area contributed by atoms with E-state index in [9.17, 15) is 14.4 Å². The lowest BCUT2D eigenvalue weighted by molar-refractivity contribution is -0.139.